The van der Waals surface area contributed by atoms with E-state index in [0.29, 0.717) is 27.0 Å². The molecule has 0 amide bonds. The molecule has 0 spiro atoms. The van der Waals surface area contributed by atoms with Crippen LogP contribution in [0, 0.1) is 15.9 Å². The Kier molecular flexibility index (Phi) is 3.52. The monoisotopic (exact) mass is 391 g/mol. The summed E-state index contributed by atoms with van der Waals surface area (Å²) in [5, 5.41) is 3.77. The first kappa shape index (κ1) is 17.1. The molecule has 0 saturated heterocycles. The Bertz CT molecular complexity index is 1490. The highest BCUT2D eigenvalue weighted by Crippen LogP contribution is 2.25. The molecule has 2 aliphatic heterocycles. The van der Waals surface area contributed by atoms with Crippen LogP contribution in [0.1, 0.15) is 13.8 Å². The highest BCUT2D eigenvalue weighted by Gasteiger charge is 2.22. The minimum absolute atomic E-state index is 0.0677. The minimum Gasteiger partial charge on any atom is -0.497 e. The molecule has 0 radical (unpaired) electrons. The maximum atomic E-state index is 13.6. The standard InChI is InChI=1S/C23H18ClNO3/c1-23(2)11-17-21-19(12-23)28-18-10-15(27-3)8-9-16(18)20(21)22(26)25(17)14-6-4-13(24)5-7-14/h4-12H,1-3H3. The zero-order valence-corrected chi connectivity index (χ0v) is 16.5. The van der Waals surface area contributed by atoms with Gasteiger partial charge in [-0.05, 0) is 48.6 Å². The maximum absolute atomic E-state index is 13.6. The molecule has 0 fully saturated rings. The van der Waals surface area contributed by atoms with Crippen LogP contribution in [0.2, 0.25) is 5.02 Å². The summed E-state index contributed by atoms with van der Waals surface area (Å²) in [4.78, 5) is 13.6. The molecule has 2 aromatic rings. The summed E-state index contributed by atoms with van der Waals surface area (Å²) in [5.41, 5.74) is 1.80. The number of ether oxygens (including phenoxy) is 1. The van der Waals surface area contributed by atoms with Crippen molar-refractivity contribution in [2.45, 2.75) is 13.8 Å². The van der Waals surface area contributed by atoms with E-state index in [1.54, 1.807) is 23.8 Å². The molecule has 0 N–H and O–H groups in total. The number of rotatable bonds is 2. The second-order valence-electron chi connectivity index (χ2n) is 7.69. The Labute approximate surface area is 165 Å². The van der Waals surface area contributed by atoms with E-state index in [4.69, 9.17) is 20.8 Å². The normalized spacial score (nSPS) is 14.7. The van der Waals surface area contributed by atoms with E-state index in [0.717, 1.165) is 21.6 Å². The predicted octanol–water partition coefficient (Wildman–Crippen LogP) is 3.57. The van der Waals surface area contributed by atoms with Crippen molar-refractivity contribution in [3.8, 4) is 11.4 Å². The number of methoxy groups -OCH3 is 1. The zero-order chi connectivity index (χ0) is 19.6. The third-order valence-electron chi connectivity index (χ3n) is 5.19. The number of aromatic nitrogens is 1. The average molecular weight is 392 g/mol. The number of fused-ring (bicyclic) bond motifs is 2. The van der Waals surface area contributed by atoms with E-state index in [1.165, 1.54) is 0 Å². The Balaban J connectivity index is 2.05. The molecule has 5 heteroatoms. The number of halogens is 1. The Morgan fingerprint density at radius 1 is 1.04 bits per heavy atom. The lowest BCUT2D eigenvalue weighted by atomic mass is 9.89. The highest BCUT2D eigenvalue weighted by atomic mass is 35.5. The second-order valence-corrected chi connectivity index (χ2v) is 8.13. The van der Waals surface area contributed by atoms with Gasteiger partial charge in [0.1, 0.15) is 16.7 Å². The Hall–Kier alpha value is -2.98. The Morgan fingerprint density at radius 2 is 1.79 bits per heavy atom. The third-order valence-corrected chi connectivity index (χ3v) is 5.44. The lowest BCUT2D eigenvalue weighted by Gasteiger charge is -2.17. The average Bonchev–Trinajstić information content (AvgIpc) is 2.94. The van der Waals surface area contributed by atoms with E-state index in [1.807, 2.05) is 30.3 Å². The topological polar surface area (TPSA) is 44.4 Å². The fraction of sp³-hybridized carbons (Fsp3) is 0.174. The summed E-state index contributed by atoms with van der Waals surface area (Å²) in [7, 11) is 1.61. The van der Waals surface area contributed by atoms with Crippen molar-refractivity contribution in [3.63, 3.8) is 0 Å². The third kappa shape index (κ3) is 2.41. The van der Waals surface area contributed by atoms with Crippen LogP contribution in [0.4, 0.5) is 0 Å². The number of hydrogen-bond acceptors (Lipinski definition) is 3. The summed E-state index contributed by atoms with van der Waals surface area (Å²) in [6.07, 6.45) is 4.18. The van der Waals surface area contributed by atoms with Crippen LogP contribution in [-0.2, 0) is 0 Å². The van der Waals surface area contributed by atoms with Gasteiger partial charge in [-0.15, -0.1) is 0 Å². The van der Waals surface area contributed by atoms with Crippen LogP contribution >= 0.6 is 11.6 Å². The quantitative estimate of drug-likeness (QED) is 0.524. The van der Waals surface area contributed by atoms with Gasteiger partial charge in [0, 0.05) is 27.6 Å². The van der Waals surface area contributed by atoms with E-state index < -0.39 is 0 Å². The lowest BCUT2D eigenvalue weighted by molar-refractivity contribution is 0.414. The molecule has 4 nitrogen and oxygen atoms in total. The van der Waals surface area contributed by atoms with Crippen molar-refractivity contribution in [1.82, 2.24) is 4.57 Å². The van der Waals surface area contributed by atoms with Gasteiger partial charge in [0.25, 0.3) is 5.56 Å². The van der Waals surface area contributed by atoms with E-state index >= 15 is 0 Å². The van der Waals surface area contributed by atoms with Crippen LogP contribution in [0.15, 0.2) is 51.7 Å². The van der Waals surface area contributed by atoms with Gasteiger partial charge in [0.05, 0.1) is 22.9 Å². The van der Waals surface area contributed by atoms with Gasteiger partial charge in [0.15, 0.2) is 0 Å². The van der Waals surface area contributed by atoms with Crippen LogP contribution in [-0.4, -0.2) is 11.7 Å². The predicted molar refractivity (Wildman–Crippen MR) is 111 cm³/mol. The van der Waals surface area contributed by atoms with Gasteiger partial charge >= 0.3 is 0 Å². The van der Waals surface area contributed by atoms with Crippen molar-refractivity contribution >= 4 is 34.7 Å². The molecule has 0 atom stereocenters. The fourth-order valence-electron chi connectivity index (χ4n) is 3.97. The number of nitrogens with zero attached hydrogens (tertiary/aromatic N) is 1. The van der Waals surface area contributed by atoms with Gasteiger partial charge in [-0.3, -0.25) is 9.36 Å². The van der Waals surface area contributed by atoms with Crippen LogP contribution in [0.25, 0.3) is 28.8 Å². The first-order valence-corrected chi connectivity index (χ1v) is 9.43. The van der Waals surface area contributed by atoms with Crippen molar-refractivity contribution in [2.75, 3.05) is 7.11 Å². The minimum atomic E-state index is -0.259. The van der Waals surface area contributed by atoms with Gasteiger partial charge < -0.3 is 9.15 Å². The van der Waals surface area contributed by atoms with Gasteiger partial charge in [0.2, 0.25) is 0 Å². The number of hydrogen-bond donors (Lipinski definition) is 0. The molecule has 0 aromatic heterocycles. The smallest absolute Gasteiger partial charge is 0.264 e. The molecule has 1 aliphatic carbocycles. The molecule has 2 aromatic carbocycles. The van der Waals surface area contributed by atoms with Gasteiger partial charge in [-0.2, -0.15) is 0 Å². The molecule has 0 bridgehead atoms. The zero-order valence-electron chi connectivity index (χ0n) is 15.7. The van der Waals surface area contributed by atoms with Crippen LogP contribution < -0.4 is 21.1 Å². The first-order valence-electron chi connectivity index (χ1n) is 9.05. The summed E-state index contributed by atoms with van der Waals surface area (Å²) < 4.78 is 13.3. The van der Waals surface area contributed by atoms with Crippen molar-refractivity contribution < 1.29 is 9.15 Å². The van der Waals surface area contributed by atoms with E-state index in [2.05, 4.69) is 26.0 Å². The molecular weight excluding hydrogens is 374 g/mol. The van der Waals surface area contributed by atoms with E-state index in [-0.39, 0.29) is 11.0 Å². The molecule has 28 heavy (non-hydrogen) atoms. The second kappa shape index (κ2) is 5.76. The molecule has 0 unspecified atom stereocenters. The SMILES string of the molecule is COc1ccc2c3c(=O)n(-c4ccc(Cl)cc4)c4c=3c(oc2c1)=CC(C)(C)C=4. The lowest BCUT2D eigenvalue weighted by Crippen LogP contribution is -2.32. The fourth-order valence-corrected chi connectivity index (χ4v) is 4.10. The van der Waals surface area contributed by atoms with Crippen LogP contribution in [0.3, 0.4) is 0 Å². The number of benzene rings is 2. The largest absolute Gasteiger partial charge is 0.497 e. The maximum Gasteiger partial charge on any atom is 0.264 e. The highest BCUT2D eigenvalue weighted by molar-refractivity contribution is 6.30. The summed E-state index contributed by atoms with van der Waals surface area (Å²) in [6, 6.07) is 12.9. The van der Waals surface area contributed by atoms with E-state index in [9.17, 15) is 4.79 Å². The van der Waals surface area contributed by atoms with Gasteiger partial charge in [-0.25, -0.2) is 0 Å². The first-order chi connectivity index (χ1) is 13.4. The summed E-state index contributed by atoms with van der Waals surface area (Å²) >= 11 is 6.05. The summed E-state index contributed by atoms with van der Waals surface area (Å²) in [6.45, 7) is 4.19. The molecule has 0 saturated carbocycles. The van der Waals surface area contributed by atoms with Crippen molar-refractivity contribution in [1.29, 1.82) is 0 Å². The van der Waals surface area contributed by atoms with Crippen molar-refractivity contribution in [2.24, 2.45) is 5.41 Å². The molecule has 5 rings (SSSR count). The molecular formula is C23H18ClNO3. The molecule has 140 valence electrons. The van der Waals surface area contributed by atoms with Crippen molar-refractivity contribution in [3.05, 3.63) is 79.0 Å². The summed E-state index contributed by atoms with van der Waals surface area (Å²) in [5.74, 6) is 0.689. The Morgan fingerprint density at radius 3 is 2.50 bits per heavy atom. The van der Waals surface area contributed by atoms with Gasteiger partial charge in [-0.1, -0.05) is 25.4 Å². The molecule has 3 aliphatic rings. The molecule has 2 heterocycles. The van der Waals surface area contributed by atoms with Crippen LogP contribution in [0.5, 0.6) is 5.75 Å².